The molecular formula is C7H14BF3KN. The van der Waals surface area contributed by atoms with Gasteiger partial charge in [0.25, 0.3) is 0 Å². The van der Waals surface area contributed by atoms with Crippen molar-refractivity contribution in [1.29, 1.82) is 0 Å². The van der Waals surface area contributed by atoms with Crippen LogP contribution in [0.5, 0.6) is 0 Å². The number of hydrogen-bond acceptors (Lipinski definition) is 1. The average Bonchev–Trinajstić information content (AvgIpc) is 1.74. The molecule has 0 spiro atoms. The zero-order valence-electron chi connectivity index (χ0n) is 8.27. The van der Waals surface area contributed by atoms with Crippen molar-refractivity contribution in [3.05, 3.63) is 0 Å². The van der Waals surface area contributed by atoms with Crippen LogP contribution in [0.3, 0.4) is 0 Å². The van der Waals surface area contributed by atoms with Crippen molar-refractivity contribution in [1.82, 2.24) is 4.90 Å². The van der Waals surface area contributed by atoms with Gasteiger partial charge in [-0.2, -0.15) is 0 Å². The molecule has 0 aliphatic heterocycles. The van der Waals surface area contributed by atoms with Gasteiger partial charge in [-0.3, -0.25) is 0 Å². The van der Waals surface area contributed by atoms with Crippen LogP contribution in [0, 0.1) is 5.92 Å². The zero-order chi connectivity index (χ0) is 9.19. The van der Waals surface area contributed by atoms with Gasteiger partial charge in [-0.1, -0.05) is 6.42 Å². The van der Waals surface area contributed by atoms with Gasteiger partial charge in [0, 0.05) is 0 Å². The zero-order valence-corrected chi connectivity index (χ0v) is 11.4. The minimum atomic E-state index is -4.63. The monoisotopic (exact) mass is 219 g/mol. The molecule has 0 aromatic heterocycles. The molecule has 0 N–H and O–H groups in total. The first kappa shape index (κ1) is 14.5. The Hall–Kier alpha value is 1.45. The van der Waals surface area contributed by atoms with Crippen molar-refractivity contribution in [2.45, 2.75) is 19.3 Å². The molecule has 0 saturated heterocycles. The van der Waals surface area contributed by atoms with Crippen LogP contribution in [0.25, 0.3) is 0 Å². The summed E-state index contributed by atoms with van der Waals surface area (Å²) in [5.41, 5.74) is 0. The molecule has 0 aromatic rings. The molecule has 0 unspecified atom stereocenters. The number of hydrogen-bond donors (Lipinski definition) is 0. The number of rotatable bonds is 4. The molecule has 1 nitrogen and oxygen atoms in total. The maximum absolute atomic E-state index is 11.9. The van der Waals surface area contributed by atoms with Crippen LogP contribution in [0.15, 0.2) is 0 Å². The van der Waals surface area contributed by atoms with Crippen LogP contribution < -0.4 is 51.4 Å². The Morgan fingerprint density at radius 2 is 1.85 bits per heavy atom. The van der Waals surface area contributed by atoms with Gasteiger partial charge >= 0.3 is 58.4 Å². The van der Waals surface area contributed by atoms with E-state index in [9.17, 15) is 12.9 Å². The Balaban J connectivity index is 0.00000144. The molecular weight excluding hydrogens is 205 g/mol. The summed E-state index contributed by atoms with van der Waals surface area (Å²) in [5.74, 6) is 0.521. The smallest absolute Gasteiger partial charge is 0.448 e. The fourth-order valence-electron chi connectivity index (χ4n) is 1.54. The summed E-state index contributed by atoms with van der Waals surface area (Å²) in [7, 11) is 1.55. The Labute approximate surface area is 120 Å². The Bertz CT molecular complexity index is 149. The standard InChI is InChI=1S/C7H14BF3N.K/c1-12(6-8(9,10)11)5-7-3-2-4-7;/h7H,2-6H2,1H3;/q-1;+1. The third-order valence-electron chi connectivity index (χ3n) is 2.31. The minimum absolute atomic E-state index is 0. The van der Waals surface area contributed by atoms with Gasteiger partial charge in [0.2, 0.25) is 0 Å². The molecule has 0 bridgehead atoms. The van der Waals surface area contributed by atoms with Crippen molar-refractivity contribution < 1.29 is 64.3 Å². The van der Waals surface area contributed by atoms with E-state index < -0.39 is 13.4 Å². The van der Waals surface area contributed by atoms with Gasteiger partial charge < -0.3 is 17.8 Å². The summed E-state index contributed by atoms with van der Waals surface area (Å²) in [4.78, 5) is 1.39. The second kappa shape index (κ2) is 6.13. The molecule has 1 rings (SSSR count). The molecule has 1 fully saturated rings. The normalized spacial score (nSPS) is 18.2. The maximum Gasteiger partial charge on any atom is 1.00 e. The molecule has 1 aliphatic carbocycles. The van der Waals surface area contributed by atoms with E-state index in [1.807, 2.05) is 0 Å². The molecule has 0 atom stereocenters. The van der Waals surface area contributed by atoms with Crippen molar-refractivity contribution >= 4 is 6.98 Å². The van der Waals surface area contributed by atoms with Crippen molar-refractivity contribution in [3.8, 4) is 0 Å². The Morgan fingerprint density at radius 3 is 2.15 bits per heavy atom. The van der Waals surface area contributed by atoms with Crippen LogP contribution >= 0.6 is 0 Å². The second-order valence-corrected chi connectivity index (χ2v) is 3.73. The van der Waals surface area contributed by atoms with E-state index in [1.54, 1.807) is 7.05 Å². The quantitative estimate of drug-likeness (QED) is 0.554. The molecule has 0 radical (unpaired) electrons. The van der Waals surface area contributed by atoms with Crippen LogP contribution in [0.2, 0.25) is 0 Å². The summed E-state index contributed by atoms with van der Waals surface area (Å²) in [5, 5.41) is 0. The van der Waals surface area contributed by atoms with E-state index in [4.69, 9.17) is 0 Å². The van der Waals surface area contributed by atoms with Gasteiger partial charge in [0.15, 0.2) is 0 Å². The fraction of sp³-hybridized carbons (Fsp3) is 1.00. The van der Waals surface area contributed by atoms with E-state index in [-0.39, 0.29) is 51.4 Å². The van der Waals surface area contributed by atoms with Gasteiger partial charge in [-0.05, 0) is 38.8 Å². The summed E-state index contributed by atoms with van der Waals surface area (Å²) < 4.78 is 35.7. The molecule has 0 amide bonds. The van der Waals surface area contributed by atoms with Crippen molar-refractivity contribution in [3.63, 3.8) is 0 Å². The van der Waals surface area contributed by atoms with Crippen LogP contribution in [0.1, 0.15) is 19.3 Å². The van der Waals surface area contributed by atoms with Gasteiger partial charge in [-0.25, -0.2) is 0 Å². The maximum atomic E-state index is 11.9. The van der Waals surface area contributed by atoms with Gasteiger partial charge in [0.1, 0.15) is 0 Å². The van der Waals surface area contributed by atoms with E-state index in [0.717, 1.165) is 12.8 Å². The number of nitrogens with zero attached hydrogens (tertiary/aromatic N) is 1. The van der Waals surface area contributed by atoms with E-state index >= 15 is 0 Å². The van der Waals surface area contributed by atoms with E-state index in [2.05, 4.69) is 0 Å². The molecule has 6 heteroatoms. The molecule has 0 heterocycles. The molecule has 0 aromatic carbocycles. The van der Waals surface area contributed by atoms with Crippen LogP contribution in [-0.2, 0) is 0 Å². The molecule has 72 valence electrons. The molecule has 1 aliphatic rings. The van der Waals surface area contributed by atoms with Gasteiger partial charge in [-0.15, -0.1) is 0 Å². The topological polar surface area (TPSA) is 3.24 Å². The summed E-state index contributed by atoms with van der Waals surface area (Å²) in [6, 6.07) is 0. The first-order chi connectivity index (χ1) is 5.47. The van der Waals surface area contributed by atoms with Crippen molar-refractivity contribution in [2.75, 3.05) is 20.0 Å². The molecule has 1 saturated carbocycles. The fourth-order valence-corrected chi connectivity index (χ4v) is 1.54. The third-order valence-corrected chi connectivity index (χ3v) is 2.31. The molecule has 13 heavy (non-hydrogen) atoms. The average molecular weight is 219 g/mol. The number of halogens is 3. The SMILES string of the molecule is CN(CC1CCC1)C[B-](F)(F)F.[K+]. The Kier molecular flexibility index (Phi) is 6.81. The summed E-state index contributed by atoms with van der Waals surface area (Å²) >= 11 is 0. The van der Waals surface area contributed by atoms with E-state index in [0.29, 0.717) is 12.5 Å². The third kappa shape index (κ3) is 6.52. The Morgan fingerprint density at radius 1 is 1.31 bits per heavy atom. The predicted molar refractivity (Wildman–Crippen MR) is 43.9 cm³/mol. The van der Waals surface area contributed by atoms with Crippen LogP contribution in [0.4, 0.5) is 12.9 Å². The van der Waals surface area contributed by atoms with E-state index in [1.165, 1.54) is 11.3 Å². The summed E-state index contributed by atoms with van der Waals surface area (Å²) in [6.07, 6.45) is 2.69. The second-order valence-electron chi connectivity index (χ2n) is 3.73. The first-order valence-electron chi connectivity index (χ1n) is 4.37. The minimum Gasteiger partial charge on any atom is -0.448 e. The first-order valence-corrected chi connectivity index (χ1v) is 4.37. The largest absolute Gasteiger partial charge is 1.00 e. The predicted octanol–water partition coefficient (Wildman–Crippen LogP) is -0.891. The summed E-state index contributed by atoms with van der Waals surface area (Å²) in [6.45, 7) is -4.02. The van der Waals surface area contributed by atoms with Gasteiger partial charge in [0.05, 0.1) is 0 Å². The van der Waals surface area contributed by atoms with Crippen molar-refractivity contribution in [2.24, 2.45) is 5.92 Å². The van der Waals surface area contributed by atoms with Crippen LogP contribution in [-0.4, -0.2) is 31.9 Å².